The van der Waals surface area contributed by atoms with Gasteiger partial charge in [-0.3, -0.25) is 10.1 Å². The number of hydrogen-bond acceptors (Lipinski definition) is 5. The van der Waals surface area contributed by atoms with Crippen LogP contribution in [-0.4, -0.2) is 21.1 Å². The standard InChI is InChI=1S/C13H14N2O3S/c1-7(2)8-6-19-13(14-8)15-12(18)11-9(16)4-3-5-10(11)17/h3-7,16-17H,1-2H3,(H,14,15,18). The molecule has 0 aliphatic heterocycles. The molecule has 6 heteroatoms. The van der Waals surface area contributed by atoms with Crippen molar-refractivity contribution in [2.45, 2.75) is 19.8 Å². The van der Waals surface area contributed by atoms with Gasteiger partial charge in [0.15, 0.2) is 5.13 Å². The summed E-state index contributed by atoms with van der Waals surface area (Å²) in [6.07, 6.45) is 0. The van der Waals surface area contributed by atoms with E-state index in [1.54, 1.807) is 0 Å². The van der Waals surface area contributed by atoms with Gasteiger partial charge in [-0.1, -0.05) is 19.9 Å². The molecule has 1 aromatic carbocycles. The average Bonchev–Trinajstić information content (AvgIpc) is 2.77. The van der Waals surface area contributed by atoms with Crippen molar-refractivity contribution in [2.24, 2.45) is 0 Å². The minimum absolute atomic E-state index is 0.149. The largest absolute Gasteiger partial charge is 0.507 e. The Labute approximate surface area is 114 Å². The zero-order valence-corrected chi connectivity index (χ0v) is 11.4. The molecule has 1 heterocycles. The molecule has 100 valence electrons. The fourth-order valence-corrected chi connectivity index (χ4v) is 2.40. The van der Waals surface area contributed by atoms with Gasteiger partial charge in [0, 0.05) is 5.38 Å². The number of phenolic OH excluding ortho intramolecular Hbond substituents is 2. The molecule has 5 nitrogen and oxygen atoms in total. The second-order valence-corrected chi connectivity index (χ2v) is 5.22. The van der Waals surface area contributed by atoms with E-state index >= 15 is 0 Å². The highest BCUT2D eigenvalue weighted by Gasteiger charge is 2.17. The number of anilines is 1. The van der Waals surface area contributed by atoms with Crippen LogP contribution < -0.4 is 5.32 Å². The van der Waals surface area contributed by atoms with Gasteiger partial charge in [0.2, 0.25) is 0 Å². The van der Waals surface area contributed by atoms with Gasteiger partial charge in [0.1, 0.15) is 17.1 Å². The van der Waals surface area contributed by atoms with Crippen LogP contribution in [0.15, 0.2) is 23.6 Å². The summed E-state index contributed by atoms with van der Waals surface area (Å²) >= 11 is 1.31. The third kappa shape index (κ3) is 2.85. The number of hydrogen-bond donors (Lipinski definition) is 3. The normalized spacial score (nSPS) is 10.7. The van der Waals surface area contributed by atoms with E-state index in [9.17, 15) is 15.0 Å². The van der Waals surface area contributed by atoms with E-state index < -0.39 is 5.91 Å². The van der Waals surface area contributed by atoms with Gasteiger partial charge in [-0.25, -0.2) is 4.98 Å². The van der Waals surface area contributed by atoms with Gasteiger partial charge < -0.3 is 10.2 Å². The molecular weight excluding hydrogens is 264 g/mol. The maximum Gasteiger partial charge on any atom is 0.264 e. The number of nitrogens with zero attached hydrogens (tertiary/aromatic N) is 1. The molecule has 0 spiro atoms. The van der Waals surface area contributed by atoms with Crippen molar-refractivity contribution in [2.75, 3.05) is 5.32 Å². The van der Waals surface area contributed by atoms with E-state index in [1.807, 2.05) is 19.2 Å². The van der Waals surface area contributed by atoms with Gasteiger partial charge >= 0.3 is 0 Å². The lowest BCUT2D eigenvalue weighted by Crippen LogP contribution is -2.12. The van der Waals surface area contributed by atoms with Gasteiger partial charge in [-0.15, -0.1) is 11.3 Å². The Kier molecular flexibility index (Phi) is 3.71. The summed E-state index contributed by atoms with van der Waals surface area (Å²) in [5.41, 5.74) is 0.741. The van der Waals surface area contributed by atoms with Crippen molar-refractivity contribution in [3.05, 3.63) is 34.8 Å². The van der Waals surface area contributed by atoms with Crippen LogP contribution in [0.2, 0.25) is 0 Å². The molecule has 0 atom stereocenters. The molecule has 0 saturated heterocycles. The van der Waals surface area contributed by atoms with E-state index in [0.717, 1.165) is 5.69 Å². The zero-order valence-electron chi connectivity index (χ0n) is 10.5. The highest BCUT2D eigenvalue weighted by Crippen LogP contribution is 2.28. The summed E-state index contributed by atoms with van der Waals surface area (Å²) in [6, 6.07) is 4.15. The summed E-state index contributed by atoms with van der Waals surface area (Å²) in [5, 5.41) is 24.1. The highest BCUT2D eigenvalue weighted by atomic mass is 32.1. The first-order chi connectivity index (χ1) is 8.99. The zero-order chi connectivity index (χ0) is 14.0. The highest BCUT2D eigenvalue weighted by molar-refractivity contribution is 7.14. The maximum absolute atomic E-state index is 12.0. The third-order valence-corrected chi connectivity index (χ3v) is 3.36. The first-order valence-corrected chi connectivity index (χ1v) is 6.64. The number of carbonyl (C=O) groups is 1. The summed E-state index contributed by atoms with van der Waals surface area (Å²) in [4.78, 5) is 16.2. The number of carbonyl (C=O) groups excluding carboxylic acids is 1. The lowest BCUT2D eigenvalue weighted by atomic mass is 10.1. The van der Waals surface area contributed by atoms with Crippen LogP contribution in [0.25, 0.3) is 0 Å². The molecule has 19 heavy (non-hydrogen) atoms. The van der Waals surface area contributed by atoms with Crippen LogP contribution in [0.4, 0.5) is 5.13 Å². The molecule has 0 radical (unpaired) electrons. The van der Waals surface area contributed by atoms with Crippen molar-refractivity contribution < 1.29 is 15.0 Å². The van der Waals surface area contributed by atoms with Gasteiger partial charge in [-0.2, -0.15) is 0 Å². The summed E-state index contributed by atoms with van der Waals surface area (Å²) < 4.78 is 0. The molecular formula is C13H14N2O3S. The summed E-state index contributed by atoms with van der Waals surface area (Å²) in [5.74, 6) is -0.836. The Bertz CT molecular complexity index is 587. The SMILES string of the molecule is CC(C)c1csc(NC(=O)c2c(O)cccc2O)n1. The Hall–Kier alpha value is -2.08. The van der Waals surface area contributed by atoms with Crippen LogP contribution in [0.3, 0.4) is 0 Å². The Morgan fingerprint density at radius 1 is 1.32 bits per heavy atom. The minimum atomic E-state index is -0.583. The topological polar surface area (TPSA) is 82.5 Å². The number of nitrogens with one attached hydrogen (secondary N) is 1. The van der Waals surface area contributed by atoms with Crippen molar-refractivity contribution in [3.63, 3.8) is 0 Å². The number of aromatic nitrogens is 1. The molecule has 0 bridgehead atoms. The molecule has 0 aliphatic rings. The molecule has 0 fully saturated rings. The van der Waals surface area contributed by atoms with Crippen LogP contribution in [0.5, 0.6) is 11.5 Å². The van der Waals surface area contributed by atoms with E-state index in [-0.39, 0.29) is 23.0 Å². The Morgan fingerprint density at radius 2 is 1.95 bits per heavy atom. The monoisotopic (exact) mass is 278 g/mol. The van der Waals surface area contributed by atoms with E-state index in [2.05, 4.69) is 10.3 Å². The number of aromatic hydroxyl groups is 2. The first kappa shape index (κ1) is 13.4. The summed E-state index contributed by atoms with van der Waals surface area (Å²) in [7, 11) is 0. The fourth-order valence-electron chi connectivity index (χ4n) is 1.53. The van der Waals surface area contributed by atoms with Gasteiger partial charge in [0.05, 0.1) is 5.69 Å². The molecule has 0 aliphatic carbocycles. The van der Waals surface area contributed by atoms with Crippen molar-refractivity contribution in [1.29, 1.82) is 0 Å². The minimum Gasteiger partial charge on any atom is -0.507 e. The Balaban J connectivity index is 2.21. The average molecular weight is 278 g/mol. The van der Waals surface area contributed by atoms with Crippen molar-refractivity contribution >= 4 is 22.4 Å². The van der Waals surface area contributed by atoms with Crippen molar-refractivity contribution in [3.8, 4) is 11.5 Å². The number of benzene rings is 1. The third-order valence-electron chi connectivity index (χ3n) is 2.58. The molecule has 2 aromatic rings. The van der Waals surface area contributed by atoms with Crippen LogP contribution in [0.1, 0.15) is 35.8 Å². The quantitative estimate of drug-likeness (QED) is 0.806. The second kappa shape index (κ2) is 5.27. The number of rotatable bonds is 3. The van der Waals surface area contributed by atoms with E-state index in [0.29, 0.717) is 5.13 Å². The van der Waals surface area contributed by atoms with Crippen LogP contribution >= 0.6 is 11.3 Å². The van der Waals surface area contributed by atoms with Gasteiger partial charge in [-0.05, 0) is 18.1 Å². The molecule has 0 saturated carbocycles. The lowest BCUT2D eigenvalue weighted by Gasteiger charge is -2.06. The van der Waals surface area contributed by atoms with Crippen LogP contribution in [-0.2, 0) is 0 Å². The van der Waals surface area contributed by atoms with Crippen LogP contribution in [0, 0.1) is 0 Å². The number of phenols is 2. The number of amides is 1. The van der Waals surface area contributed by atoms with E-state index in [1.165, 1.54) is 29.5 Å². The molecule has 1 aromatic heterocycles. The molecule has 3 N–H and O–H groups in total. The Morgan fingerprint density at radius 3 is 2.47 bits per heavy atom. The predicted octanol–water partition coefficient (Wildman–Crippen LogP) is 2.93. The lowest BCUT2D eigenvalue weighted by molar-refractivity contribution is 0.102. The van der Waals surface area contributed by atoms with E-state index in [4.69, 9.17) is 0 Å². The predicted molar refractivity (Wildman–Crippen MR) is 73.9 cm³/mol. The van der Waals surface area contributed by atoms with Crippen molar-refractivity contribution in [1.82, 2.24) is 4.98 Å². The molecule has 2 rings (SSSR count). The fraction of sp³-hybridized carbons (Fsp3) is 0.231. The number of thiazole rings is 1. The molecule has 1 amide bonds. The first-order valence-electron chi connectivity index (χ1n) is 5.76. The van der Waals surface area contributed by atoms with Gasteiger partial charge in [0.25, 0.3) is 5.91 Å². The smallest absolute Gasteiger partial charge is 0.264 e. The molecule has 0 unspecified atom stereocenters. The summed E-state index contributed by atoms with van der Waals surface area (Å²) in [6.45, 7) is 4.02. The maximum atomic E-state index is 12.0. The second-order valence-electron chi connectivity index (χ2n) is 4.36.